The van der Waals surface area contributed by atoms with Crippen LogP contribution in [0.3, 0.4) is 0 Å². The molecule has 0 fully saturated rings. The van der Waals surface area contributed by atoms with Crippen molar-refractivity contribution in [1.82, 2.24) is 19.7 Å². The highest BCUT2D eigenvalue weighted by Gasteiger charge is 2.07. The molecule has 0 saturated carbocycles. The highest BCUT2D eigenvalue weighted by molar-refractivity contribution is 5.99. The number of anilines is 2. The molecule has 0 bridgehead atoms. The van der Waals surface area contributed by atoms with Gasteiger partial charge in [-0.05, 0) is 56.3 Å². The molecule has 2 N–H and O–H groups in total. The minimum absolute atomic E-state index is 0.317. The van der Waals surface area contributed by atoms with Gasteiger partial charge in [0.25, 0.3) is 0 Å². The monoisotopic (exact) mass is 400 g/mol. The summed E-state index contributed by atoms with van der Waals surface area (Å²) in [6.07, 6.45) is 3.48. The maximum absolute atomic E-state index is 12.2. The number of benzene rings is 2. The zero-order valence-electron chi connectivity index (χ0n) is 16.5. The Morgan fingerprint density at radius 2 is 1.60 bits per heavy atom. The highest BCUT2D eigenvalue weighted by Crippen LogP contribution is 2.23. The van der Waals surface area contributed by atoms with Crippen LogP contribution in [0, 0.1) is 13.8 Å². The summed E-state index contributed by atoms with van der Waals surface area (Å²) >= 11 is 0. The molecule has 30 heavy (non-hydrogen) atoms. The zero-order valence-corrected chi connectivity index (χ0v) is 16.5. The molecule has 8 heteroatoms. The van der Waals surface area contributed by atoms with Crippen LogP contribution in [0.15, 0.2) is 73.1 Å². The minimum Gasteiger partial charge on any atom is -0.439 e. The fourth-order valence-corrected chi connectivity index (χ4v) is 2.76. The molecule has 4 aromatic rings. The van der Waals surface area contributed by atoms with Crippen molar-refractivity contribution in [3.05, 3.63) is 84.4 Å². The van der Waals surface area contributed by atoms with E-state index in [1.54, 1.807) is 54.3 Å². The molecule has 0 saturated heterocycles. The Bertz CT molecular complexity index is 1140. The fraction of sp³-hybridized carbons (Fsp3) is 0.0909. The summed E-state index contributed by atoms with van der Waals surface area (Å²) < 4.78 is 7.48. The molecule has 0 aliphatic rings. The van der Waals surface area contributed by atoms with Crippen molar-refractivity contribution in [1.29, 1.82) is 0 Å². The predicted molar refractivity (Wildman–Crippen MR) is 114 cm³/mol. The average molecular weight is 400 g/mol. The van der Waals surface area contributed by atoms with E-state index in [-0.39, 0.29) is 6.03 Å². The molecule has 0 aliphatic heterocycles. The quantitative estimate of drug-likeness (QED) is 0.506. The van der Waals surface area contributed by atoms with E-state index >= 15 is 0 Å². The largest absolute Gasteiger partial charge is 0.439 e. The van der Waals surface area contributed by atoms with E-state index in [2.05, 4.69) is 25.7 Å². The van der Waals surface area contributed by atoms with E-state index in [0.717, 1.165) is 11.3 Å². The third kappa shape index (κ3) is 4.79. The average Bonchev–Trinajstić information content (AvgIpc) is 3.26. The van der Waals surface area contributed by atoms with Crippen LogP contribution in [0.25, 0.3) is 5.82 Å². The Morgan fingerprint density at radius 3 is 2.23 bits per heavy atom. The van der Waals surface area contributed by atoms with Gasteiger partial charge in [0.1, 0.15) is 11.6 Å². The maximum atomic E-state index is 12.2. The van der Waals surface area contributed by atoms with Crippen molar-refractivity contribution in [2.75, 3.05) is 10.6 Å². The maximum Gasteiger partial charge on any atom is 0.323 e. The first-order valence-electron chi connectivity index (χ1n) is 9.33. The van der Waals surface area contributed by atoms with Crippen LogP contribution in [0.2, 0.25) is 0 Å². The summed E-state index contributed by atoms with van der Waals surface area (Å²) in [5, 5.41) is 9.76. The van der Waals surface area contributed by atoms with E-state index in [4.69, 9.17) is 4.74 Å². The third-order valence-electron chi connectivity index (χ3n) is 4.18. The number of ether oxygens (including phenoxy) is 1. The van der Waals surface area contributed by atoms with Gasteiger partial charge in [-0.15, -0.1) is 0 Å². The summed E-state index contributed by atoms with van der Waals surface area (Å²) in [4.78, 5) is 20.8. The Balaban J connectivity index is 1.40. The van der Waals surface area contributed by atoms with E-state index in [0.29, 0.717) is 29.0 Å². The van der Waals surface area contributed by atoms with E-state index in [1.165, 1.54) is 0 Å². The molecule has 0 radical (unpaired) electrons. The smallest absolute Gasteiger partial charge is 0.323 e. The summed E-state index contributed by atoms with van der Waals surface area (Å²) in [6.45, 7) is 3.79. The van der Waals surface area contributed by atoms with E-state index in [9.17, 15) is 4.79 Å². The normalized spacial score (nSPS) is 10.5. The predicted octanol–water partition coefficient (Wildman–Crippen LogP) is 4.72. The molecule has 0 unspecified atom stereocenters. The molecular formula is C22H20N6O2. The molecule has 8 nitrogen and oxygen atoms in total. The van der Waals surface area contributed by atoms with Gasteiger partial charge in [-0.1, -0.05) is 17.7 Å². The number of amides is 2. The zero-order chi connectivity index (χ0) is 20.9. The number of hydrogen-bond donors (Lipinski definition) is 2. The highest BCUT2D eigenvalue weighted by atomic mass is 16.5. The van der Waals surface area contributed by atoms with Crippen molar-refractivity contribution in [2.24, 2.45) is 0 Å². The van der Waals surface area contributed by atoms with Gasteiger partial charge in [-0.25, -0.2) is 14.5 Å². The first-order valence-corrected chi connectivity index (χ1v) is 9.33. The summed E-state index contributed by atoms with van der Waals surface area (Å²) in [5.41, 5.74) is 2.50. The van der Waals surface area contributed by atoms with Crippen LogP contribution in [-0.2, 0) is 0 Å². The van der Waals surface area contributed by atoms with E-state index < -0.39 is 0 Å². The number of hydrogen-bond acceptors (Lipinski definition) is 5. The van der Waals surface area contributed by atoms with Gasteiger partial charge in [-0.3, -0.25) is 0 Å². The number of rotatable bonds is 5. The van der Waals surface area contributed by atoms with Gasteiger partial charge < -0.3 is 15.4 Å². The summed E-state index contributed by atoms with van der Waals surface area (Å²) in [5.74, 6) is 2.19. The molecule has 150 valence electrons. The van der Waals surface area contributed by atoms with Gasteiger partial charge in [0.15, 0.2) is 5.82 Å². The number of aromatic nitrogens is 4. The molecule has 0 spiro atoms. The molecule has 4 rings (SSSR count). The SMILES string of the molecule is Cc1ccc(NC(=O)Nc2ccc(Oc3cc(-n4cccn4)nc(C)n3)cc2)cc1. The van der Waals surface area contributed by atoms with Crippen molar-refractivity contribution >= 4 is 17.4 Å². The Labute approximate surface area is 173 Å². The first kappa shape index (κ1) is 19.1. The fourth-order valence-electron chi connectivity index (χ4n) is 2.76. The molecule has 2 heterocycles. The standard InChI is InChI=1S/C22H20N6O2/c1-15-4-6-17(7-5-15)26-22(29)27-18-8-10-19(11-9-18)30-21-14-20(24-16(2)25-21)28-13-3-12-23-28/h3-14H,1-2H3,(H2,26,27,29). The van der Waals surface area contributed by atoms with Gasteiger partial charge in [0.2, 0.25) is 5.88 Å². The van der Waals surface area contributed by atoms with Crippen LogP contribution >= 0.6 is 0 Å². The number of aryl methyl sites for hydroxylation is 2. The molecular weight excluding hydrogens is 380 g/mol. The van der Waals surface area contributed by atoms with Crippen molar-refractivity contribution in [3.8, 4) is 17.4 Å². The summed E-state index contributed by atoms with van der Waals surface area (Å²) in [7, 11) is 0. The molecule has 0 atom stereocenters. The van der Waals surface area contributed by atoms with Crippen molar-refractivity contribution in [2.45, 2.75) is 13.8 Å². The molecule has 2 aromatic carbocycles. The second kappa shape index (κ2) is 8.44. The van der Waals surface area contributed by atoms with Crippen molar-refractivity contribution < 1.29 is 9.53 Å². The minimum atomic E-state index is -0.317. The van der Waals surface area contributed by atoms with Crippen LogP contribution in [-0.4, -0.2) is 25.8 Å². The third-order valence-corrected chi connectivity index (χ3v) is 4.18. The number of nitrogens with one attached hydrogen (secondary N) is 2. The Hall–Kier alpha value is -4.20. The number of carbonyl (C=O) groups excluding carboxylic acids is 1. The summed E-state index contributed by atoms with van der Waals surface area (Å²) in [6, 6.07) is 17.8. The van der Waals surface area contributed by atoms with Crippen LogP contribution in [0.1, 0.15) is 11.4 Å². The number of nitrogens with zero attached hydrogens (tertiary/aromatic N) is 4. The second-order valence-corrected chi connectivity index (χ2v) is 6.63. The second-order valence-electron chi connectivity index (χ2n) is 6.63. The van der Waals surface area contributed by atoms with Crippen LogP contribution in [0.5, 0.6) is 11.6 Å². The van der Waals surface area contributed by atoms with Crippen LogP contribution in [0.4, 0.5) is 16.2 Å². The van der Waals surface area contributed by atoms with Crippen LogP contribution < -0.4 is 15.4 Å². The van der Waals surface area contributed by atoms with Gasteiger partial charge in [-0.2, -0.15) is 10.1 Å². The topological polar surface area (TPSA) is 94.0 Å². The lowest BCUT2D eigenvalue weighted by Crippen LogP contribution is -2.19. The molecule has 2 amide bonds. The van der Waals surface area contributed by atoms with Gasteiger partial charge in [0, 0.05) is 29.8 Å². The first-order chi connectivity index (χ1) is 14.5. The van der Waals surface area contributed by atoms with Gasteiger partial charge in [0.05, 0.1) is 0 Å². The van der Waals surface area contributed by atoms with E-state index in [1.807, 2.05) is 37.3 Å². The lowest BCUT2D eigenvalue weighted by molar-refractivity contribution is 0.262. The van der Waals surface area contributed by atoms with Crippen molar-refractivity contribution in [3.63, 3.8) is 0 Å². The van der Waals surface area contributed by atoms with Gasteiger partial charge >= 0.3 is 6.03 Å². The number of carbonyl (C=O) groups is 1. The Morgan fingerprint density at radius 1 is 0.933 bits per heavy atom. The lowest BCUT2D eigenvalue weighted by Gasteiger charge is -2.10. The lowest BCUT2D eigenvalue weighted by atomic mass is 10.2. The Kier molecular flexibility index (Phi) is 5.38. The number of urea groups is 1. The molecule has 2 aromatic heterocycles. The molecule has 0 aliphatic carbocycles.